The van der Waals surface area contributed by atoms with Gasteiger partial charge in [0.15, 0.2) is 0 Å². The van der Waals surface area contributed by atoms with Crippen molar-refractivity contribution in [3.05, 3.63) is 29.6 Å². The van der Waals surface area contributed by atoms with Crippen molar-refractivity contribution in [3.63, 3.8) is 0 Å². The van der Waals surface area contributed by atoms with Crippen molar-refractivity contribution in [1.82, 2.24) is 9.97 Å². The lowest BCUT2D eigenvalue weighted by atomic mass is 10.2. The molecular formula is C14H18N2O2S. The first-order chi connectivity index (χ1) is 9.10. The lowest BCUT2D eigenvalue weighted by molar-refractivity contribution is -0.136. The van der Waals surface area contributed by atoms with E-state index in [0.717, 1.165) is 29.0 Å². The fourth-order valence-electron chi connectivity index (χ4n) is 1.96. The average Bonchev–Trinajstić information content (AvgIpc) is 2.75. The number of aryl methyl sites for hydroxylation is 2. The van der Waals surface area contributed by atoms with E-state index in [4.69, 9.17) is 5.11 Å². The highest BCUT2D eigenvalue weighted by Crippen LogP contribution is 2.18. The van der Waals surface area contributed by atoms with Crippen LogP contribution in [0.5, 0.6) is 0 Å². The quantitative estimate of drug-likeness (QED) is 0.852. The third kappa shape index (κ3) is 3.50. The van der Waals surface area contributed by atoms with Crippen molar-refractivity contribution >= 4 is 28.8 Å². The first kappa shape index (κ1) is 13.9. The van der Waals surface area contributed by atoms with Gasteiger partial charge < -0.3 is 10.1 Å². The summed E-state index contributed by atoms with van der Waals surface area (Å²) in [6, 6.07) is 6.12. The Kier molecular flexibility index (Phi) is 4.47. The maximum absolute atomic E-state index is 10.9. The van der Waals surface area contributed by atoms with Crippen LogP contribution in [0.2, 0.25) is 0 Å². The van der Waals surface area contributed by atoms with Crippen LogP contribution in [0.4, 0.5) is 0 Å². The number of imidazole rings is 1. The minimum Gasteiger partial charge on any atom is -0.480 e. The number of aromatic nitrogens is 2. The fourth-order valence-corrected chi connectivity index (χ4v) is 2.93. The van der Waals surface area contributed by atoms with Crippen LogP contribution in [0.3, 0.4) is 0 Å². The number of rotatable bonds is 6. The van der Waals surface area contributed by atoms with Gasteiger partial charge in [-0.1, -0.05) is 13.0 Å². The maximum atomic E-state index is 10.9. The molecule has 0 spiro atoms. The van der Waals surface area contributed by atoms with Crippen molar-refractivity contribution < 1.29 is 9.90 Å². The van der Waals surface area contributed by atoms with Crippen molar-refractivity contribution in [2.75, 3.05) is 5.75 Å². The number of benzene rings is 1. The van der Waals surface area contributed by atoms with E-state index in [2.05, 4.69) is 23.0 Å². The monoisotopic (exact) mass is 278 g/mol. The summed E-state index contributed by atoms with van der Waals surface area (Å²) < 4.78 is 0. The van der Waals surface area contributed by atoms with Crippen molar-refractivity contribution in [1.29, 1.82) is 0 Å². The number of carboxylic acid groups (broad SMARTS) is 1. The van der Waals surface area contributed by atoms with Crippen LogP contribution in [-0.2, 0) is 11.2 Å². The smallest absolute Gasteiger partial charge is 0.316 e. The molecule has 1 atom stereocenters. The molecule has 0 aliphatic carbocycles. The summed E-state index contributed by atoms with van der Waals surface area (Å²) in [6.07, 6.45) is 1.42. The van der Waals surface area contributed by atoms with Gasteiger partial charge in [-0.3, -0.25) is 4.79 Å². The van der Waals surface area contributed by atoms with E-state index in [0.29, 0.717) is 6.42 Å². The Hall–Kier alpha value is -1.49. The van der Waals surface area contributed by atoms with Crippen molar-refractivity contribution in [2.45, 2.75) is 31.9 Å². The topological polar surface area (TPSA) is 66.0 Å². The molecule has 2 aromatic rings. The van der Waals surface area contributed by atoms with Gasteiger partial charge in [0.2, 0.25) is 0 Å². The summed E-state index contributed by atoms with van der Waals surface area (Å²) in [5.41, 5.74) is 3.22. The maximum Gasteiger partial charge on any atom is 0.316 e. The zero-order valence-electron chi connectivity index (χ0n) is 11.1. The molecule has 0 saturated carbocycles. The highest BCUT2D eigenvalue weighted by Gasteiger charge is 2.15. The van der Waals surface area contributed by atoms with Gasteiger partial charge in [0.05, 0.1) is 11.0 Å². The third-order valence-electron chi connectivity index (χ3n) is 2.99. The molecule has 1 unspecified atom stereocenters. The molecule has 19 heavy (non-hydrogen) atoms. The molecule has 0 radical (unpaired) electrons. The Morgan fingerprint density at radius 1 is 1.53 bits per heavy atom. The number of carbonyl (C=O) groups is 1. The van der Waals surface area contributed by atoms with Gasteiger partial charge in [0.25, 0.3) is 0 Å². The summed E-state index contributed by atoms with van der Waals surface area (Å²) in [7, 11) is 0. The molecule has 0 fully saturated rings. The number of H-pyrrole nitrogens is 1. The standard InChI is InChI=1S/C14H18N2O2S/c1-3-12(14(17)18)19-7-6-13-15-10-5-4-9(2)8-11(10)16-13/h4-5,8,12H,3,6-7H2,1-2H3,(H,15,16)(H,17,18). The van der Waals surface area contributed by atoms with Gasteiger partial charge in [-0.25, -0.2) is 4.98 Å². The number of fused-ring (bicyclic) bond motifs is 1. The molecule has 4 nitrogen and oxygen atoms in total. The molecule has 2 rings (SSSR count). The molecule has 1 heterocycles. The predicted octanol–water partition coefficient (Wildman–Crippen LogP) is 3.01. The van der Waals surface area contributed by atoms with E-state index in [1.807, 2.05) is 19.1 Å². The van der Waals surface area contributed by atoms with E-state index in [1.165, 1.54) is 17.3 Å². The van der Waals surface area contributed by atoms with Crippen molar-refractivity contribution in [2.24, 2.45) is 0 Å². The molecule has 0 bridgehead atoms. The summed E-state index contributed by atoms with van der Waals surface area (Å²) in [4.78, 5) is 18.7. The Morgan fingerprint density at radius 2 is 2.32 bits per heavy atom. The van der Waals surface area contributed by atoms with Gasteiger partial charge in [0, 0.05) is 12.2 Å². The molecule has 0 aliphatic heterocycles. The van der Waals surface area contributed by atoms with E-state index in [9.17, 15) is 4.79 Å². The van der Waals surface area contributed by atoms with Crippen LogP contribution >= 0.6 is 11.8 Å². The molecule has 0 saturated heterocycles. The second-order valence-electron chi connectivity index (χ2n) is 4.56. The number of aromatic amines is 1. The number of aliphatic carboxylic acids is 1. The van der Waals surface area contributed by atoms with E-state index >= 15 is 0 Å². The highest BCUT2D eigenvalue weighted by molar-refractivity contribution is 8.00. The summed E-state index contributed by atoms with van der Waals surface area (Å²) in [5, 5.41) is 8.66. The van der Waals surface area contributed by atoms with Crippen LogP contribution in [0.1, 0.15) is 24.7 Å². The number of hydrogen-bond acceptors (Lipinski definition) is 3. The molecule has 0 amide bonds. The zero-order chi connectivity index (χ0) is 13.8. The number of nitrogens with zero attached hydrogens (tertiary/aromatic N) is 1. The Bertz CT molecular complexity index is 580. The summed E-state index contributed by atoms with van der Waals surface area (Å²) in [5.74, 6) is 0.963. The lowest BCUT2D eigenvalue weighted by Gasteiger charge is -2.07. The average molecular weight is 278 g/mol. The number of carboxylic acids is 1. The van der Waals surface area contributed by atoms with Crippen LogP contribution in [0, 0.1) is 6.92 Å². The molecule has 2 N–H and O–H groups in total. The largest absolute Gasteiger partial charge is 0.480 e. The Labute approximate surface area is 116 Å². The number of thioether (sulfide) groups is 1. The van der Waals surface area contributed by atoms with Crippen LogP contribution < -0.4 is 0 Å². The van der Waals surface area contributed by atoms with Gasteiger partial charge in [0.1, 0.15) is 11.1 Å². The van der Waals surface area contributed by atoms with Gasteiger partial charge in [-0.05, 0) is 31.0 Å². The van der Waals surface area contributed by atoms with E-state index in [-0.39, 0.29) is 5.25 Å². The molecule has 1 aromatic heterocycles. The molecule has 0 aliphatic rings. The highest BCUT2D eigenvalue weighted by atomic mass is 32.2. The second-order valence-corrected chi connectivity index (χ2v) is 5.87. The summed E-state index contributed by atoms with van der Waals surface area (Å²) in [6.45, 7) is 3.95. The molecular weight excluding hydrogens is 260 g/mol. The van der Waals surface area contributed by atoms with Crippen LogP contribution in [0.25, 0.3) is 11.0 Å². The molecule has 102 valence electrons. The van der Waals surface area contributed by atoms with Crippen LogP contribution in [-0.4, -0.2) is 32.0 Å². The predicted molar refractivity (Wildman–Crippen MR) is 78.7 cm³/mol. The number of hydrogen-bond donors (Lipinski definition) is 2. The normalized spacial score (nSPS) is 12.7. The molecule has 5 heteroatoms. The fraction of sp³-hybridized carbons (Fsp3) is 0.429. The van der Waals surface area contributed by atoms with Gasteiger partial charge >= 0.3 is 5.97 Å². The minimum absolute atomic E-state index is 0.313. The van der Waals surface area contributed by atoms with Crippen molar-refractivity contribution in [3.8, 4) is 0 Å². The van der Waals surface area contributed by atoms with E-state index in [1.54, 1.807) is 0 Å². The minimum atomic E-state index is -0.729. The van der Waals surface area contributed by atoms with E-state index < -0.39 is 5.97 Å². The molecule has 1 aromatic carbocycles. The second kappa shape index (κ2) is 6.10. The number of nitrogens with one attached hydrogen (secondary N) is 1. The summed E-state index contributed by atoms with van der Waals surface area (Å²) >= 11 is 1.48. The van der Waals surface area contributed by atoms with Crippen LogP contribution in [0.15, 0.2) is 18.2 Å². The first-order valence-corrected chi connectivity index (χ1v) is 7.44. The van der Waals surface area contributed by atoms with Gasteiger partial charge in [-0.2, -0.15) is 0 Å². The Morgan fingerprint density at radius 3 is 3.00 bits per heavy atom. The third-order valence-corrected chi connectivity index (χ3v) is 4.37. The SMILES string of the molecule is CCC(SCCc1nc2ccc(C)cc2[nH]1)C(=O)O. The first-order valence-electron chi connectivity index (χ1n) is 6.39. The Balaban J connectivity index is 1.96. The zero-order valence-corrected chi connectivity index (χ0v) is 12.0. The van der Waals surface area contributed by atoms with Gasteiger partial charge in [-0.15, -0.1) is 11.8 Å². The lowest BCUT2D eigenvalue weighted by Crippen LogP contribution is -2.15.